The van der Waals surface area contributed by atoms with Crippen molar-refractivity contribution < 1.29 is 57.8 Å². The van der Waals surface area contributed by atoms with E-state index in [0.29, 0.717) is 24.4 Å². The maximum Gasteiger partial charge on any atom is 0.312 e. The van der Waals surface area contributed by atoms with E-state index in [-0.39, 0.29) is 55.9 Å². The van der Waals surface area contributed by atoms with Gasteiger partial charge in [0.1, 0.15) is 46.9 Å². The van der Waals surface area contributed by atoms with Gasteiger partial charge in [0.2, 0.25) is 5.43 Å². The number of carbonyl (C=O) groups excluding carboxylic acids is 3. The second kappa shape index (κ2) is 19.7. The molecule has 1 amide bonds. The van der Waals surface area contributed by atoms with Crippen LogP contribution in [0, 0.1) is 30.6 Å². The minimum atomic E-state index is -2.04. The van der Waals surface area contributed by atoms with Crippen molar-refractivity contribution >= 4 is 45.2 Å². The molecule has 2 aromatic carbocycles. The van der Waals surface area contributed by atoms with Crippen molar-refractivity contribution in [2.75, 3.05) is 38.7 Å². The van der Waals surface area contributed by atoms with Crippen LogP contribution < -0.4 is 20.2 Å². The Morgan fingerprint density at radius 1 is 0.985 bits per heavy atom. The number of aromatic nitrogens is 1. The summed E-state index contributed by atoms with van der Waals surface area (Å²) in [7, 11) is 1.45. The summed E-state index contributed by atoms with van der Waals surface area (Å²) in [5.74, 6) is -6.78. The number of hydrogen-bond donors (Lipinski definition) is 4. The van der Waals surface area contributed by atoms with Crippen LogP contribution in [0.3, 0.4) is 0 Å². The first-order chi connectivity index (χ1) is 30.8. The fraction of sp³-hybridized carbons (Fsp3) is 0.490. The predicted octanol–water partition coefficient (Wildman–Crippen LogP) is 6.67. The molecule has 4 heterocycles. The summed E-state index contributed by atoms with van der Waals surface area (Å²) in [6.45, 7) is 19.6. The number of fused-ring (bicyclic) bond motifs is 14. The number of aliphatic hydroxyl groups excluding tert-OH is 2. The molecular formula is C49H61N3O13. The van der Waals surface area contributed by atoms with E-state index in [1.54, 1.807) is 58.0 Å². The summed E-state index contributed by atoms with van der Waals surface area (Å²) in [6.07, 6.45) is 3.60. The van der Waals surface area contributed by atoms with Crippen molar-refractivity contribution in [3.63, 3.8) is 0 Å². The molecule has 2 aromatic rings. The van der Waals surface area contributed by atoms with Crippen molar-refractivity contribution in [1.29, 1.82) is 0 Å². The maximum absolute atomic E-state index is 14.8. The fourth-order valence-corrected chi connectivity index (χ4v) is 8.71. The minimum Gasteiger partial charge on any atom is -0.507 e. The van der Waals surface area contributed by atoms with Gasteiger partial charge in [-0.1, -0.05) is 59.8 Å². The Kier molecular flexibility index (Phi) is 14.8. The van der Waals surface area contributed by atoms with Gasteiger partial charge in [-0.25, -0.2) is 4.98 Å². The van der Waals surface area contributed by atoms with Gasteiger partial charge in [0.05, 0.1) is 35.5 Å². The first kappa shape index (κ1) is 48.6. The lowest BCUT2D eigenvalue weighted by Crippen LogP contribution is -2.46. The van der Waals surface area contributed by atoms with Crippen LogP contribution in [0.4, 0.5) is 5.69 Å². The highest BCUT2D eigenvalue weighted by Crippen LogP contribution is 2.50. The van der Waals surface area contributed by atoms with Crippen LogP contribution in [0.5, 0.6) is 17.2 Å². The average molecular weight is 900 g/mol. The van der Waals surface area contributed by atoms with Gasteiger partial charge in [-0.05, 0) is 45.1 Å². The van der Waals surface area contributed by atoms with Crippen LogP contribution in [0.15, 0.2) is 63.6 Å². The normalized spacial score (nSPS) is 28.5. The fourth-order valence-electron chi connectivity index (χ4n) is 8.71. The lowest BCUT2D eigenvalue weighted by Gasteiger charge is -2.38. The number of aromatic hydroxyl groups is 1. The number of ether oxygens (including phenoxy) is 5. The van der Waals surface area contributed by atoms with Crippen molar-refractivity contribution in [2.45, 2.75) is 99.4 Å². The third-order valence-corrected chi connectivity index (χ3v) is 12.9. The van der Waals surface area contributed by atoms with E-state index in [1.807, 2.05) is 0 Å². The number of aliphatic hydroxyl groups is 2. The Balaban J connectivity index is 1.56. The topological polar surface area (TPSA) is 216 Å². The molecule has 0 unspecified atom stereocenters. The molecular weight excluding hydrogens is 839 g/mol. The van der Waals surface area contributed by atoms with Gasteiger partial charge in [-0.15, -0.1) is 0 Å². The van der Waals surface area contributed by atoms with Crippen molar-refractivity contribution in [3.05, 3.63) is 75.7 Å². The summed E-state index contributed by atoms with van der Waals surface area (Å²) >= 11 is 0. The number of hydrogen-bond acceptors (Lipinski definition) is 15. The number of nitrogens with one attached hydrogen (secondary N) is 1. The molecule has 16 heteroatoms. The molecule has 0 saturated carbocycles. The number of phenols is 1. The number of rotatable bonds is 8. The summed E-state index contributed by atoms with van der Waals surface area (Å²) in [5, 5.41) is 37.1. The molecule has 9 atom stereocenters. The second-order valence-electron chi connectivity index (χ2n) is 17.2. The highest BCUT2D eigenvalue weighted by molar-refractivity contribution is 6.22. The first-order valence-corrected chi connectivity index (χ1v) is 22.0. The number of phenolic OH excluding ortho intramolecular Hbond substituents is 1. The number of anilines is 1. The summed E-state index contributed by atoms with van der Waals surface area (Å²) < 4.78 is 36.4. The third kappa shape index (κ3) is 9.48. The Labute approximate surface area is 378 Å². The predicted molar refractivity (Wildman–Crippen MR) is 244 cm³/mol. The zero-order valence-electron chi connectivity index (χ0n) is 38.9. The Bertz CT molecular complexity index is 2580. The SMILES string of the molecule is CCN(CC)CCOc1ccc2nc3c4c5c6c(C)c(O)c4c(=O)c(c-3oc2c1)NC(=O)/C(C)=C\C=C\[C@H](C)[C@H](O)[C@@H](C)[C@@H](O)[C@@H](C)[C@H](OC(C)=O)[C@H](C)[C@@H](OC)/C=C/O[C@@](C)(O6)C5=O. The molecule has 5 aliphatic rings. The molecule has 16 nitrogen and oxygen atoms in total. The standard InChI is InChI=1S/C49H61N3O13/c1-12-52(13-2)20-22-61-31-17-18-32-34(23-31)64-46-38(50-32)35-36-42(56)29(8)45-37(35)47(58)49(10,65-45)62-21-19-33(60-11)26(5)44(63-30(9)53)28(7)41(55)27(6)40(54)24(3)15-14-16-25(4)48(59)51-39(46)43(36)57/h14-19,21,23-24,26-28,33,40-41,44,54-56H,12-13,20,22H2,1-11H3,(H,51,59)/b15-14+,21-19+,25-16-/t24-,26+,27+,28+,33-,40-,41+,44+,49-/m0/s1. The lowest BCUT2D eigenvalue weighted by atomic mass is 9.78. The zero-order chi connectivity index (χ0) is 47.7. The quantitative estimate of drug-likeness (QED) is 0.0825. The summed E-state index contributed by atoms with van der Waals surface area (Å²) in [6, 6.07) is 5.02. The molecule has 0 spiro atoms. The van der Waals surface area contributed by atoms with Gasteiger partial charge in [0.15, 0.2) is 11.3 Å². The number of benzene rings is 3. The monoisotopic (exact) mass is 899 g/mol. The number of likely N-dealkylation sites (N-methyl/N-ethyl adjacent to an activating group) is 1. The van der Waals surface area contributed by atoms with Gasteiger partial charge in [0.25, 0.3) is 11.7 Å². The van der Waals surface area contributed by atoms with Crippen molar-refractivity contribution in [2.24, 2.45) is 23.7 Å². The summed E-state index contributed by atoms with van der Waals surface area (Å²) in [5.41, 5.74) is -0.540. The number of esters is 1. The van der Waals surface area contributed by atoms with E-state index in [1.165, 1.54) is 53.2 Å². The molecule has 4 aliphatic heterocycles. The van der Waals surface area contributed by atoms with Crippen LogP contribution in [0.25, 0.3) is 33.3 Å². The van der Waals surface area contributed by atoms with Crippen LogP contribution in [-0.4, -0.2) is 106 Å². The molecule has 5 bridgehead atoms. The van der Waals surface area contributed by atoms with Crippen molar-refractivity contribution in [3.8, 4) is 28.7 Å². The van der Waals surface area contributed by atoms with Gasteiger partial charge in [-0.3, -0.25) is 19.2 Å². The molecule has 1 aliphatic carbocycles. The molecule has 0 saturated heterocycles. The summed E-state index contributed by atoms with van der Waals surface area (Å²) in [4.78, 5) is 62.9. The Hall–Kier alpha value is -5.81. The molecule has 65 heavy (non-hydrogen) atoms. The smallest absolute Gasteiger partial charge is 0.312 e. The Morgan fingerprint density at radius 2 is 1.69 bits per heavy atom. The Morgan fingerprint density at radius 3 is 2.35 bits per heavy atom. The highest BCUT2D eigenvalue weighted by Gasteiger charge is 2.50. The van der Waals surface area contributed by atoms with Crippen LogP contribution in [0.1, 0.15) is 78.2 Å². The largest absolute Gasteiger partial charge is 0.507 e. The van der Waals surface area contributed by atoms with E-state index >= 15 is 0 Å². The number of carbonyl (C=O) groups is 3. The van der Waals surface area contributed by atoms with Crippen molar-refractivity contribution in [1.82, 2.24) is 9.88 Å². The van der Waals surface area contributed by atoms with E-state index < -0.39 is 82.7 Å². The molecule has 4 N–H and O–H groups in total. The molecule has 0 aromatic heterocycles. The molecule has 7 rings (SSSR count). The van der Waals surface area contributed by atoms with Gasteiger partial charge in [0, 0.05) is 73.8 Å². The number of nitrogens with zero attached hydrogens (tertiary/aromatic N) is 2. The number of Topliss-reactive ketones (excluding diaryl/α,β-unsaturated/α-hetero) is 1. The second-order valence-corrected chi connectivity index (χ2v) is 17.2. The van der Waals surface area contributed by atoms with E-state index in [4.69, 9.17) is 33.1 Å². The first-order valence-electron chi connectivity index (χ1n) is 22.0. The van der Waals surface area contributed by atoms with Gasteiger partial charge < -0.3 is 53.6 Å². The average Bonchev–Trinajstić information content (AvgIpc) is 3.55. The molecule has 0 radical (unpaired) electrons. The minimum absolute atomic E-state index is 0.0186. The molecule has 350 valence electrons. The number of ketones is 1. The van der Waals surface area contributed by atoms with Crippen LogP contribution in [-0.2, 0) is 23.8 Å². The van der Waals surface area contributed by atoms with E-state index in [9.17, 15) is 34.5 Å². The van der Waals surface area contributed by atoms with E-state index in [2.05, 4.69) is 24.1 Å². The third-order valence-electron chi connectivity index (χ3n) is 12.9. The number of amides is 1. The maximum atomic E-state index is 14.8. The molecule has 0 fully saturated rings. The highest BCUT2D eigenvalue weighted by atomic mass is 16.7. The number of allylic oxidation sites excluding steroid dienone is 2. The van der Waals surface area contributed by atoms with E-state index in [0.717, 1.165) is 13.1 Å². The zero-order valence-corrected chi connectivity index (χ0v) is 38.9. The van der Waals surface area contributed by atoms with Crippen LogP contribution >= 0.6 is 0 Å². The van der Waals surface area contributed by atoms with Gasteiger partial charge >= 0.3 is 11.8 Å². The lowest BCUT2D eigenvalue weighted by molar-refractivity contribution is -0.160. The van der Waals surface area contributed by atoms with Crippen LogP contribution in [0.2, 0.25) is 0 Å². The number of methoxy groups -OCH3 is 1. The van der Waals surface area contributed by atoms with Gasteiger partial charge in [-0.2, -0.15) is 0 Å².